The molecule has 0 aliphatic heterocycles. The van der Waals surface area contributed by atoms with E-state index in [1.165, 1.54) is 9.13 Å². The van der Waals surface area contributed by atoms with E-state index in [4.69, 9.17) is 4.52 Å². The first-order valence-corrected chi connectivity index (χ1v) is 9.23. The van der Waals surface area contributed by atoms with E-state index in [0.29, 0.717) is 5.82 Å². The maximum absolute atomic E-state index is 12.7. The molecular formula is C22H20N4O3. The summed E-state index contributed by atoms with van der Waals surface area (Å²) in [7, 11) is 0. The zero-order valence-corrected chi connectivity index (χ0v) is 16.4. The Morgan fingerprint density at radius 2 is 1.55 bits per heavy atom. The molecule has 2 heterocycles. The Kier molecular flexibility index (Phi) is 4.72. The van der Waals surface area contributed by atoms with Crippen molar-refractivity contribution in [3.63, 3.8) is 0 Å². The maximum Gasteiger partial charge on any atom is 0.321 e. The van der Waals surface area contributed by atoms with Crippen LogP contribution in [0.4, 0.5) is 0 Å². The summed E-state index contributed by atoms with van der Waals surface area (Å²) in [4.78, 5) is 29.7. The molecule has 29 heavy (non-hydrogen) atoms. The van der Waals surface area contributed by atoms with Crippen LogP contribution in [0.3, 0.4) is 0 Å². The normalized spacial score (nSPS) is 11.0. The summed E-state index contributed by atoms with van der Waals surface area (Å²) in [6.07, 6.45) is 3.16. The summed E-state index contributed by atoms with van der Waals surface area (Å²) in [6, 6.07) is 13.4. The van der Waals surface area contributed by atoms with Gasteiger partial charge >= 0.3 is 11.1 Å². The second-order valence-electron chi connectivity index (χ2n) is 6.97. The zero-order chi connectivity index (χ0) is 20.5. The number of nitrogens with zero attached hydrogens (tertiary/aromatic N) is 4. The van der Waals surface area contributed by atoms with Crippen LogP contribution in [-0.4, -0.2) is 19.3 Å². The van der Waals surface area contributed by atoms with E-state index in [0.717, 1.165) is 27.9 Å². The van der Waals surface area contributed by atoms with Gasteiger partial charge in [0.2, 0.25) is 11.7 Å². The van der Waals surface area contributed by atoms with Crippen LogP contribution in [0.15, 0.2) is 69.0 Å². The van der Waals surface area contributed by atoms with Gasteiger partial charge in [-0.25, -0.2) is 0 Å². The van der Waals surface area contributed by atoms with E-state index in [-0.39, 0.29) is 12.4 Å². The first kappa shape index (κ1) is 18.6. The molecule has 0 saturated carbocycles. The van der Waals surface area contributed by atoms with Gasteiger partial charge in [0.25, 0.3) is 0 Å². The van der Waals surface area contributed by atoms with Gasteiger partial charge in [0.05, 0.1) is 5.69 Å². The third-order valence-electron chi connectivity index (χ3n) is 4.90. The van der Waals surface area contributed by atoms with E-state index < -0.39 is 11.1 Å². The number of hydrogen-bond acceptors (Lipinski definition) is 5. The Morgan fingerprint density at radius 3 is 2.28 bits per heavy atom. The Hall–Kier alpha value is -3.74. The Morgan fingerprint density at radius 1 is 0.862 bits per heavy atom. The quantitative estimate of drug-likeness (QED) is 0.502. The number of aromatic nitrogens is 4. The van der Waals surface area contributed by atoms with Gasteiger partial charge in [-0.05, 0) is 37.5 Å². The molecular weight excluding hydrogens is 368 g/mol. The van der Waals surface area contributed by atoms with E-state index in [1.807, 2.05) is 63.2 Å². The summed E-state index contributed by atoms with van der Waals surface area (Å²) >= 11 is 0. The molecule has 0 amide bonds. The number of para-hydroxylation sites is 1. The van der Waals surface area contributed by atoms with Crippen molar-refractivity contribution in [2.45, 2.75) is 27.3 Å². The largest absolute Gasteiger partial charge is 0.337 e. The van der Waals surface area contributed by atoms with Crippen molar-refractivity contribution in [1.29, 1.82) is 0 Å². The van der Waals surface area contributed by atoms with Crippen molar-refractivity contribution in [2.75, 3.05) is 0 Å². The van der Waals surface area contributed by atoms with Crippen LogP contribution in [-0.2, 0) is 6.54 Å². The first-order chi connectivity index (χ1) is 14.0. The molecule has 0 fully saturated rings. The molecule has 0 aliphatic rings. The molecule has 7 heteroatoms. The molecule has 0 saturated heterocycles. The van der Waals surface area contributed by atoms with Crippen molar-refractivity contribution in [3.8, 4) is 17.1 Å². The predicted molar refractivity (Wildman–Crippen MR) is 109 cm³/mol. The van der Waals surface area contributed by atoms with Gasteiger partial charge < -0.3 is 4.52 Å². The fraction of sp³-hybridized carbons (Fsp3) is 0.182. The van der Waals surface area contributed by atoms with Crippen molar-refractivity contribution in [2.24, 2.45) is 0 Å². The highest BCUT2D eigenvalue weighted by Gasteiger charge is 2.14. The lowest BCUT2D eigenvalue weighted by atomic mass is 10.1. The topological polar surface area (TPSA) is 82.9 Å². The Labute approximate surface area is 166 Å². The van der Waals surface area contributed by atoms with Crippen LogP contribution in [0.5, 0.6) is 0 Å². The monoisotopic (exact) mass is 388 g/mol. The Bertz CT molecular complexity index is 1290. The van der Waals surface area contributed by atoms with Gasteiger partial charge in [-0.2, -0.15) is 4.98 Å². The molecule has 0 unspecified atom stereocenters. The predicted octanol–water partition coefficient (Wildman–Crippen LogP) is 3.02. The van der Waals surface area contributed by atoms with E-state index in [2.05, 4.69) is 10.1 Å². The van der Waals surface area contributed by atoms with Crippen molar-refractivity contribution in [1.82, 2.24) is 19.3 Å². The number of hydrogen-bond donors (Lipinski definition) is 0. The molecule has 0 bridgehead atoms. The lowest BCUT2D eigenvalue weighted by Gasteiger charge is -2.12. The molecule has 0 N–H and O–H groups in total. The van der Waals surface area contributed by atoms with Crippen LogP contribution in [0.2, 0.25) is 0 Å². The van der Waals surface area contributed by atoms with Crippen LogP contribution in [0.25, 0.3) is 17.1 Å². The number of benzene rings is 2. The lowest BCUT2D eigenvalue weighted by molar-refractivity contribution is 0.369. The SMILES string of the molecule is Cc1ccccc1-c1noc(Cn2ccn(-c3c(C)cccc3C)c(=O)c2=O)n1. The van der Waals surface area contributed by atoms with Crippen molar-refractivity contribution < 1.29 is 4.52 Å². The summed E-state index contributed by atoms with van der Waals surface area (Å²) in [6.45, 7) is 5.81. The first-order valence-electron chi connectivity index (χ1n) is 9.23. The van der Waals surface area contributed by atoms with Crippen molar-refractivity contribution >= 4 is 0 Å². The van der Waals surface area contributed by atoms with Gasteiger partial charge in [0.1, 0.15) is 6.54 Å². The van der Waals surface area contributed by atoms with Gasteiger partial charge in [0, 0.05) is 18.0 Å². The van der Waals surface area contributed by atoms with Crippen LogP contribution >= 0.6 is 0 Å². The van der Waals surface area contributed by atoms with E-state index >= 15 is 0 Å². The molecule has 0 radical (unpaired) electrons. The zero-order valence-electron chi connectivity index (χ0n) is 16.4. The molecule has 7 nitrogen and oxygen atoms in total. The third-order valence-corrected chi connectivity index (χ3v) is 4.90. The Balaban J connectivity index is 1.68. The minimum Gasteiger partial charge on any atom is -0.337 e. The molecule has 4 rings (SSSR count). The van der Waals surface area contributed by atoms with Crippen LogP contribution in [0.1, 0.15) is 22.6 Å². The second-order valence-corrected chi connectivity index (χ2v) is 6.97. The van der Waals surface area contributed by atoms with Crippen LogP contribution in [0, 0.1) is 20.8 Å². The molecule has 146 valence electrons. The molecule has 2 aromatic heterocycles. The van der Waals surface area contributed by atoms with Crippen molar-refractivity contribution in [3.05, 3.63) is 98.1 Å². The summed E-state index contributed by atoms with van der Waals surface area (Å²) < 4.78 is 7.96. The highest BCUT2D eigenvalue weighted by Crippen LogP contribution is 2.20. The molecule has 0 spiro atoms. The van der Waals surface area contributed by atoms with E-state index in [1.54, 1.807) is 12.4 Å². The average Bonchev–Trinajstić information content (AvgIpc) is 3.15. The summed E-state index contributed by atoms with van der Waals surface area (Å²) in [5.41, 5.74) is 3.18. The smallest absolute Gasteiger partial charge is 0.321 e. The van der Waals surface area contributed by atoms with E-state index in [9.17, 15) is 9.59 Å². The summed E-state index contributed by atoms with van der Waals surface area (Å²) in [5, 5.41) is 4.00. The fourth-order valence-corrected chi connectivity index (χ4v) is 3.39. The highest BCUT2D eigenvalue weighted by molar-refractivity contribution is 5.58. The van der Waals surface area contributed by atoms with Gasteiger partial charge in [-0.1, -0.05) is 47.6 Å². The molecule has 2 aromatic carbocycles. The van der Waals surface area contributed by atoms with Crippen LogP contribution < -0.4 is 11.1 Å². The second kappa shape index (κ2) is 7.35. The van der Waals surface area contributed by atoms with Gasteiger partial charge in [-0.3, -0.25) is 18.7 Å². The van der Waals surface area contributed by atoms with Gasteiger partial charge in [-0.15, -0.1) is 0 Å². The molecule has 4 aromatic rings. The number of aryl methyl sites for hydroxylation is 3. The standard InChI is InChI=1S/C22H20N4O3/c1-14-7-4-5-10-17(14)20-23-18(29-24-20)13-25-11-12-26(22(28)21(25)27)19-15(2)8-6-9-16(19)3/h4-12H,13H2,1-3H3. The molecule has 0 atom stereocenters. The third kappa shape index (κ3) is 3.42. The van der Waals surface area contributed by atoms with Gasteiger partial charge in [0.15, 0.2) is 0 Å². The minimum atomic E-state index is -0.647. The average molecular weight is 388 g/mol. The fourth-order valence-electron chi connectivity index (χ4n) is 3.39. The minimum absolute atomic E-state index is 0.0283. The summed E-state index contributed by atoms with van der Waals surface area (Å²) in [5.74, 6) is 0.713. The lowest BCUT2D eigenvalue weighted by Crippen LogP contribution is -2.40. The maximum atomic E-state index is 12.7. The highest BCUT2D eigenvalue weighted by atomic mass is 16.5. The molecule has 0 aliphatic carbocycles. The number of rotatable bonds is 4.